The first-order valence-electron chi connectivity index (χ1n) is 11.8. The number of ether oxygens (including phenoxy) is 1. The summed E-state index contributed by atoms with van der Waals surface area (Å²) in [6.45, 7) is 1.79. The number of carbonyl (C=O) groups is 1. The zero-order valence-corrected chi connectivity index (χ0v) is 21.4. The van der Waals surface area contributed by atoms with E-state index in [1.165, 1.54) is 12.1 Å². The second-order valence-corrected chi connectivity index (χ2v) is 8.65. The Morgan fingerprint density at radius 1 is 0.683 bits per heavy atom. The fourth-order valence-corrected chi connectivity index (χ4v) is 3.60. The molecule has 0 unspecified atom stereocenters. The first-order valence-corrected chi connectivity index (χ1v) is 11.8. The number of nitrogens with zero attached hydrogens (tertiary/aromatic N) is 2. The monoisotopic (exact) mass is 576 g/mol. The summed E-state index contributed by atoms with van der Waals surface area (Å²) in [6, 6.07) is 14.9. The van der Waals surface area contributed by atoms with Crippen molar-refractivity contribution in [2.75, 3.05) is 28.4 Å². The molecule has 214 valence electrons. The van der Waals surface area contributed by atoms with E-state index in [4.69, 9.17) is 4.74 Å². The van der Waals surface area contributed by atoms with Crippen LogP contribution in [-0.4, -0.2) is 23.1 Å². The minimum absolute atomic E-state index is 0.0230. The van der Waals surface area contributed by atoms with Crippen molar-refractivity contribution in [2.45, 2.75) is 19.3 Å². The summed E-state index contributed by atoms with van der Waals surface area (Å²) in [5.41, 5.74) is -1.52. The molecule has 4 aromatic rings. The lowest BCUT2D eigenvalue weighted by Gasteiger charge is -2.15. The number of hydrogen-bond donors (Lipinski definition) is 4. The van der Waals surface area contributed by atoms with E-state index in [1.807, 2.05) is 17.4 Å². The number of aromatic nitrogens is 2. The summed E-state index contributed by atoms with van der Waals surface area (Å²) in [7, 11) is 1.57. The molecule has 8 nitrogen and oxygen atoms in total. The van der Waals surface area contributed by atoms with Gasteiger partial charge in [0.2, 0.25) is 5.95 Å². The molecule has 0 bridgehead atoms. The van der Waals surface area contributed by atoms with Gasteiger partial charge in [-0.1, -0.05) is 0 Å². The highest BCUT2D eigenvalue weighted by molar-refractivity contribution is 6.00. The van der Waals surface area contributed by atoms with Gasteiger partial charge in [-0.2, -0.15) is 31.3 Å². The number of carbonyl (C=O) groups excluding carboxylic acids is 1. The molecule has 0 spiro atoms. The molecule has 0 fully saturated rings. The SMILES string of the molecule is COc1ccc(Nc2cc(C)nc(Nc3ccc(NC(=O)Nc4cc(C(F)(F)F)cc(C(F)(F)F)c4)cc3)n2)cc1. The summed E-state index contributed by atoms with van der Waals surface area (Å²) >= 11 is 0. The number of amides is 2. The molecule has 0 radical (unpaired) electrons. The average Bonchev–Trinajstić information content (AvgIpc) is 2.89. The molecule has 0 aliphatic rings. The number of anilines is 6. The molecule has 0 aliphatic heterocycles. The molecular formula is C27H22F6N6O2. The maximum atomic E-state index is 13.1. The molecule has 3 aromatic carbocycles. The standard InChI is InChI=1S/C27H22F6N6O2/c1-15-11-23(35-18-7-9-22(41-2)10-8-18)39-24(34-15)36-19-3-5-20(6-4-19)37-25(40)38-21-13-16(26(28,29)30)12-17(14-21)27(31,32)33/h3-14H,1-2H3,(H2,37,38,40)(H2,34,35,36,39). The number of rotatable bonds is 7. The quantitative estimate of drug-likeness (QED) is 0.167. The van der Waals surface area contributed by atoms with Crippen LogP contribution in [-0.2, 0) is 12.4 Å². The minimum atomic E-state index is -5.04. The number of nitrogens with one attached hydrogen (secondary N) is 4. The third-order valence-electron chi connectivity index (χ3n) is 5.46. The maximum Gasteiger partial charge on any atom is 0.416 e. The number of hydrogen-bond acceptors (Lipinski definition) is 6. The minimum Gasteiger partial charge on any atom is -0.497 e. The van der Waals surface area contributed by atoms with E-state index in [-0.39, 0.29) is 17.7 Å². The first kappa shape index (κ1) is 29.0. The van der Waals surface area contributed by atoms with E-state index < -0.39 is 35.2 Å². The highest BCUT2D eigenvalue weighted by Crippen LogP contribution is 2.37. The summed E-state index contributed by atoms with van der Waals surface area (Å²) in [5.74, 6) is 1.52. The molecule has 14 heteroatoms. The van der Waals surface area contributed by atoms with Crippen LogP contribution in [0.15, 0.2) is 72.8 Å². The van der Waals surface area contributed by atoms with E-state index in [1.54, 1.807) is 44.4 Å². The fourth-order valence-electron chi connectivity index (χ4n) is 3.60. The largest absolute Gasteiger partial charge is 0.497 e. The molecule has 0 saturated heterocycles. The van der Waals surface area contributed by atoms with Gasteiger partial charge in [-0.15, -0.1) is 0 Å². The van der Waals surface area contributed by atoms with Crippen molar-refractivity contribution in [1.29, 1.82) is 0 Å². The van der Waals surface area contributed by atoms with E-state index in [0.717, 1.165) is 5.69 Å². The Bertz CT molecular complexity index is 1490. The lowest BCUT2D eigenvalue weighted by Crippen LogP contribution is -2.20. The molecular weight excluding hydrogens is 554 g/mol. The van der Waals surface area contributed by atoms with Gasteiger partial charge >= 0.3 is 18.4 Å². The number of urea groups is 1. The zero-order chi connectivity index (χ0) is 29.8. The van der Waals surface area contributed by atoms with Crippen molar-refractivity contribution in [3.05, 3.63) is 89.6 Å². The predicted molar refractivity (Wildman–Crippen MR) is 142 cm³/mol. The number of benzene rings is 3. The van der Waals surface area contributed by atoms with E-state index in [0.29, 0.717) is 35.1 Å². The summed E-state index contributed by atoms with van der Waals surface area (Å²) < 4.78 is 83.5. The van der Waals surface area contributed by atoms with Gasteiger partial charge in [-0.3, -0.25) is 0 Å². The zero-order valence-electron chi connectivity index (χ0n) is 21.4. The molecule has 1 heterocycles. The van der Waals surface area contributed by atoms with Gasteiger partial charge in [0.15, 0.2) is 0 Å². The van der Waals surface area contributed by atoms with Crippen molar-refractivity contribution < 1.29 is 35.9 Å². The Balaban J connectivity index is 1.41. The third kappa shape index (κ3) is 8.00. The van der Waals surface area contributed by atoms with Gasteiger partial charge in [0.25, 0.3) is 0 Å². The molecule has 4 N–H and O–H groups in total. The van der Waals surface area contributed by atoms with Crippen molar-refractivity contribution >= 4 is 40.5 Å². The molecule has 0 atom stereocenters. The summed E-state index contributed by atoms with van der Waals surface area (Å²) in [5, 5.41) is 10.6. The molecule has 2 amide bonds. The van der Waals surface area contributed by atoms with E-state index in [9.17, 15) is 31.1 Å². The van der Waals surface area contributed by atoms with Crippen LogP contribution in [0.3, 0.4) is 0 Å². The number of methoxy groups -OCH3 is 1. The topological polar surface area (TPSA) is 100 Å². The highest BCUT2D eigenvalue weighted by Gasteiger charge is 2.37. The lowest BCUT2D eigenvalue weighted by atomic mass is 10.1. The van der Waals surface area contributed by atoms with Crippen LogP contribution in [0.2, 0.25) is 0 Å². The van der Waals surface area contributed by atoms with Crippen molar-refractivity contribution in [3.8, 4) is 5.75 Å². The van der Waals surface area contributed by atoms with Gasteiger partial charge in [0, 0.05) is 34.5 Å². The molecule has 41 heavy (non-hydrogen) atoms. The van der Waals surface area contributed by atoms with Crippen LogP contribution in [0.4, 0.5) is 65.7 Å². The van der Waals surface area contributed by atoms with Crippen molar-refractivity contribution in [2.24, 2.45) is 0 Å². The Morgan fingerprint density at radius 2 is 1.20 bits per heavy atom. The van der Waals surface area contributed by atoms with Gasteiger partial charge in [-0.25, -0.2) is 9.78 Å². The maximum absolute atomic E-state index is 13.1. The Hall–Kier alpha value is -5.01. The molecule has 0 aliphatic carbocycles. The van der Waals surface area contributed by atoms with Crippen LogP contribution in [0.5, 0.6) is 5.75 Å². The fraction of sp³-hybridized carbons (Fsp3) is 0.148. The lowest BCUT2D eigenvalue weighted by molar-refractivity contribution is -0.143. The Labute approximate surface area is 229 Å². The average molecular weight is 577 g/mol. The van der Waals surface area contributed by atoms with Crippen molar-refractivity contribution in [3.63, 3.8) is 0 Å². The van der Waals surface area contributed by atoms with Crippen LogP contribution in [0, 0.1) is 6.92 Å². The highest BCUT2D eigenvalue weighted by atomic mass is 19.4. The van der Waals surface area contributed by atoms with Crippen LogP contribution >= 0.6 is 0 Å². The van der Waals surface area contributed by atoms with Gasteiger partial charge in [0.05, 0.1) is 18.2 Å². The summed E-state index contributed by atoms with van der Waals surface area (Å²) in [6.07, 6.45) is -10.1. The summed E-state index contributed by atoms with van der Waals surface area (Å²) in [4.78, 5) is 21.1. The van der Waals surface area contributed by atoms with Crippen LogP contribution in [0.1, 0.15) is 16.8 Å². The van der Waals surface area contributed by atoms with E-state index in [2.05, 4.69) is 25.9 Å². The van der Waals surface area contributed by atoms with Gasteiger partial charge < -0.3 is 26.0 Å². The Morgan fingerprint density at radius 3 is 1.76 bits per heavy atom. The van der Waals surface area contributed by atoms with Crippen molar-refractivity contribution in [1.82, 2.24) is 9.97 Å². The molecule has 1 aromatic heterocycles. The number of aryl methyl sites for hydroxylation is 1. The molecule has 0 saturated carbocycles. The second-order valence-electron chi connectivity index (χ2n) is 8.65. The van der Waals surface area contributed by atoms with Gasteiger partial charge in [0.1, 0.15) is 11.6 Å². The predicted octanol–water partition coefficient (Wildman–Crippen LogP) is 7.96. The Kier molecular flexibility index (Phi) is 8.21. The van der Waals surface area contributed by atoms with E-state index >= 15 is 0 Å². The molecule has 4 rings (SSSR count). The van der Waals surface area contributed by atoms with Crippen LogP contribution < -0.4 is 26.0 Å². The number of halogens is 6. The number of alkyl halides is 6. The van der Waals surface area contributed by atoms with Gasteiger partial charge in [-0.05, 0) is 73.7 Å². The second kappa shape index (κ2) is 11.6. The first-order chi connectivity index (χ1) is 19.3. The normalized spacial score (nSPS) is 11.5. The smallest absolute Gasteiger partial charge is 0.416 e. The third-order valence-corrected chi connectivity index (χ3v) is 5.46. The van der Waals surface area contributed by atoms with Crippen LogP contribution in [0.25, 0.3) is 0 Å².